The van der Waals surface area contributed by atoms with Crippen LogP contribution in [-0.2, 0) is 6.42 Å². The highest BCUT2D eigenvalue weighted by molar-refractivity contribution is 5.96. The number of fused-ring (bicyclic) bond motifs is 1. The minimum absolute atomic E-state index is 0.201. The maximum Gasteiger partial charge on any atom is 0.256 e. The number of amides is 1. The Bertz CT molecular complexity index is 703. The van der Waals surface area contributed by atoms with Gasteiger partial charge in [-0.05, 0) is 36.2 Å². The molecule has 1 aromatic carbocycles. The Morgan fingerprint density at radius 3 is 2.91 bits per heavy atom. The number of nitrogens with one attached hydrogen (secondary N) is 1. The molecule has 0 fully saturated rings. The lowest BCUT2D eigenvalue weighted by molar-refractivity contribution is 0.0950. The van der Waals surface area contributed by atoms with Crippen LogP contribution in [0.15, 0.2) is 36.5 Å². The third-order valence-electron chi connectivity index (χ3n) is 3.51. The molecular weight excluding hydrogens is 296 g/mol. The molecule has 0 saturated heterocycles. The van der Waals surface area contributed by atoms with Crippen molar-refractivity contribution in [2.45, 2.75) is 6.42 Å². The van der Waals surface area contributed by atoms with Crippen molar-refractivity contribution in [3.05, 3.63) is 47.7 Å². The first-order valence-electron chi connectivity index (χ1n) is 7.43. The van der Waals surface area contributed by atoms with Gasteiger partial charge in [-0.25, -0.2) is 4.98 Å². The first-order chi connectivity index (χ1) is 11.3. The Hall–Kier alpha value is -2.76. The summed E-state index contributed by atoms with van der Waals surface area (Å²) in [6, 6.07) is 9.22. The fraction of sp³-hybridized carbons (Fsp3) is 0.294. The molecular formula is C17H18N2O4. The molecule has 1 N–H and O–H groups in total. The van der Waals surface area contributed by atoms with Crippen molar-refractivity contribution in [3.8, 4) is 17.4 Å². The fourth-order valence-electron chi connectivity index (χ4n) is 2.39. The number of pyridine rings is 1. The van der Waals surface area contributed by atoms with Crippen LogP contribution in [0.5, 0.6) is 17.4 Å². The van der Waals surface area contributed by atoms with Crippen LogP contribution in [0.3, 0.4) is 0 Å². The van der Waals surface area contributed by atoms with E-state index in [0.29, 0.717) is 37.6 Å². The summed E-state index contributed by atoms with van der Waals surface area (Å²) in [6.45, 7) is 1.65. The van der Waals surface area contributed by atoms with Gasteiger partial charge in [-0.15, -0.1) is 0 Å². The van der Waals surface area contributed by atoms with Gasteiger partial charge in [0.05, 0.1) is 7.11 Å². The van der Waals surface area contributed by atoms with Gasteiger partial charge in [-0.2, -0.15) is 0 Å². The van der Waals surface area contributed by atoms with Crippen molar-refractivity contribution in [1.82, 2.24) is 10.3 Å². The molecule has 0 radical (unpaired) electrons. The number of carbonyl (C=O) groups excluding carboxylic acids is 1. The monoisotopic (exact) mass is 314 g/mol. The van der Waals surface area contributed by atoms with E-state index >= 15 is 0 Å². The summed E-state index contributed by atoms with van der Waals surface area (Å²) in [6.07, 6.45) is 2.29. The van der Waals surface area contributed by atoms with Crippen LogP contribution in [0, 0.1) is 0 Å². The number of methoxy groups -OCH3 is 1. The summed E-state index contributed by atoms with van der Waals surface area (Å²) < 4.78 is 16.1. The van der Waals surface area contributed by atoms with Crippen molar-refractivity contribution in [3.63, 3.8) is 0 Å². The third kappa shape index (κ3) is 3.53. The molecule has 6 heteroatoms. The molecule has 1 amide bonds. The highest BCUT2D eigenvalue weighted by Gasteiger charge is 2.13. The van der Waals surface area contributed by atoms with Gasteiger partial charge in [0.2, 0.25) is 5.88 Å². The molecule has 1 aromatic heterocycles. The summed E-state index contributed by atoms with van der Waals surface area (Å²) >= 11 is 0. The van der Waals surface area contributed by atoms with E-state index in [1.54, 1.807) is 18.3 Å². The number of hydrogen-bond donors (Lipinski definition) is 1. The lowest BCUT2D eigenvalue weighted by atomic mass is 10.1. The number of carbonyl (C=O) groups is 1. The highest BCUT2D eigenvalue weighted by atomic mass is 16.6. The number of benzene rings is 1. The largest absolute Gasteiger partial charge is 0.486 e. The van der Waals surface area contributed by atoms with Crippen molar-refractivity contribution in [2.24, 2.45) is 0 Å². The lowest BCUT2D eigenvalue weighted by Crippen LogP contribution is -2.26. The number of nitrogens with zero attached hydrogens (tertiary/aromatic N) is 1. The van der Waals surface area contributed by atoms with Crippen LogP contribution >= 0.6 is 0 Å². The number of rotatable bonds is 5. The normalized spacial score (nSPS) is 12.6. The predicted octanol–water partition coefficient (Wildman–Crippen LogP) is 1.83. The molecule has 23 heavy (non-hydrogen) atoms. The fourth-order valence-corrected chi connectivity index (χ4v) is 2.39. The van der Waals surface area contributed by atoms with Gasteiger partial charge in [-0.1, -0.05) is 6.07 Å². The van der Waals surface area contributed by atoms with Gasteiger partial charge >= 0.3 is 0 Å². The summed E-state index contributed by atoms with van der Waals surface area (Å²) in [4.78, 5) is 16.2. The molecule has 0 bridgehead atoms. The molecule has 2 aromatic rings. The van der Waals surface area contributed by atoms with Crippen molar-refractivity contribution < 1.29 is 19.0 Å². The van der Waals surface area contributed by atoms with E-state index in [2.05, 4.69) is 10.3 Å². The van der Waals surface area contributed by atoms with Crippen LogP contribution in [-0.4, -0.2) is 37.8 Å². The summed E-state index contributed by atoms with van der Waals surface area (Å²) in [5.74, 6) is 1.65. The van der Waals surface area contributed by atoms with Crippen molar-refractivity contribution >= 4 is 5.91 Å². The van der Waals surface area contributed by atoms with E-state index < -0.39 is 0 Å². The number of ether oxygens (including phenoxy) is 3. The van der Waals surface area contributed by atoms with Crippen LogP contribution < -0.4 is 19.5 Å². The minimum Gasteiger partial charge on any atom is -0.486 e. The molecule has 120 valence electrons. The SMILES string of the molecule is COc1ncccc1C(=O)NCCc1ccc2c(c1)OCCO2. The van der Waals surface area contributed by atoms with Crippen LogP contribution in [0.4, 0.5) is 0 Å². The Kier molecular flexibility index (Phi) is 4.61. The van der Waals surface area contributed by atoms with E-state index in [0.717, 1.165) is 17.1 Å². The van der Waals surface area contributed by atoms with Gasteiger partial charge in [0.25, 0.3) is 5.91 Å². The first-order valence-corrected chi connectivity index (χ1v) is 7.43. The molecule has 2 heterocycles. The molecule has 0 atom stereocenters. The highest BCUT2D eigenvalue weighted by Crippen LogP contribution is 2.30. The maximum atomic E-state index is 12.2. The molecule has 1 aliphatic heterocycles. The maximum absolute atomic E-state index is 12.2. The second-order valence-electron chi connectivity index (χ2n) is 5.04. The molecule has 3 rings (SSSR count). The Morgan fingerprint density at radius 1 is 1.26 bits per heavy atom. The molecule has 0 spiro atoms. The molecule has 0 unspecified atom stereocenters. The van der Waals surface area contributed by atoms with E-state index in [4.69, 9.17) is 14.2 Å². The van der Waals surface area contributed by atoms with Gasteiger partial charge in [0.1, 0.15) is 18.8 Å². The second-order valence-corrected chi connectivity index (χ2v) is 5.04. The lowest BCUT2D eigenvalue weighted by Gasteiger charge is -2.18. The molecule has 0 saturated carbocycles. The smallest absolute Gasteiger partial charge is 0.256 e. The molecule has 0 aliphatic carbocycles. The summed E-state index contributed by atoms with van der Waals surface area (Å²) in [7, 11) is 1.49. The van der Waals surface area contributed by atoms with Crippen LogP contribution in [0.1, 0.15) is 15.9 Å². The van der Waals surface area contributed by atoms with Gasteiger partial charge < -0.3 is 19.5 Å². The summed E-state index contributed by atoms with van der Waals surface area (Å²) in [5, 5.41) is 2.87. The van der Waals surface area contributed by atoms with E-state index in [-0.39, 0.29) is 5.91 Å². The predicted molar refractivity (Wildman–Crippen MR) is 84.3 cm³/mol. The minimum atomic E-state index is -0.201. The standard InChI is InChI=1S/C17H18N2O4/c1-21-17-13(3-2-7-19-17)16(20)18-8-6-12-4-5-14-15(11-12)23-10-9-22-14/h2-5,7,11H,6,8-10H2,1H3,(H,18,20). The third-order valence-corrected chi connectivity index (χ3v) is 3.51. The zero-order chi connectivity index (χ0) is 16.1. The summed E-state index contributed by atoms with van der Waals surface area (Å²) in [5.41, 5.74) is 1.50. The van der Waals surface area contributed by atoms with Crippen molar-refractivity contribution in [1.29, 1.82) is 0 Å². The average Bonchev–Trinajstić information content (AvgIpc) is 2.61. The molecule has 6 nitrogen and oxygen atoms in total. The van der Waals surface area contributed by atoms with Crippen LogP contribution in [0.2, 0.25) is 0 Å². The van der Waals surface area contributed by atoms with Gasteiger partial charge in [-0.3, -0.25) is 4.79 Å². The van der Waals surface area contributed by atoms with E-state index in [1.165, 1.54) is 7.11 Å². The van der Waals surface area contributed by atoms with Crippen molar-refractivity contribution in [2.75, 3.05) is 26.9 Å². The first kappa shape index (κ1) is 15.1. The van der Waals surface area contributed by atoms with Crippen LogP contribution in [0.25, 0.3) is 0 Å². The molecule has 1 aliphatic rings. The number of aromatic nitrogens is 1. The zero-order valence-electron chi connectivity index (χ0n) is 12.9. The second kappa shape index (κ2) is 7.00. The number of hydrogen-bond acceptors (Lipinski definition) is 5. The average molecular weight is 314 g/mol. The van der Waals surface area contributed by atoms with E-state index in [9.17, 15) is 4.79 Å². The topological polar surface area (TPSA) is 69.7 Å². The van der Waals surface area contributed by atoms with Gasteiger partial charge in [0, 0.05) is 12.7 Å². The Balaban J connectivity index is 1.58. The quantitative estimate of drug-likeness (QED) is 0.912. The Labute approximate surface area is 134 Å². The van der Waals surface area contributed by atoms with E-state index in [1.807, 2.05) is 18.2 Å². The van der Waals surface area contributed by atoms with Gasteiger partial charge in [0.15, 0.2) is 11.5 Å². The Morgan fingerprint density at radius 2 is 2.09 bits per heavy atom. The zero-order valence-corrected chi connectivity index (χ0v) is 12.9.